The summed E-state index contributed by atoms with van der Waals surface area (Å²) in [4.78, 5) is 17.5. The second kappa shape index (κ2) is 11.8. The molecular weight excluding hydrogens is 519 g/mol. The zero-order valence-corrected chi connectivity index (χ0v) is 22.8. The lowest BCUT2D eigenvalue weighted by Gasteiger charge is -2.26. The summed E-state index contributed by atoms with van der Waals surface area (Å²) in [5, 5.41) is 3.09. The van der Waals surface area contributed by atoms with E-state index in [-0.39, 0.29) is 35.3 Å². The van der Waals surface area contributed by atoms with E-state index >= 15 is 0 Å². The number of carbonyl (C=O) groups excluding carboxylic acids is 1. The number of nitrogens with one attached hydrogen (secondary N) is 1. The van der Waals surface area contributed by atoms with Gasteiger partial charge in [0.25, 0.3) is 5.91 Å². The van der Waals surface area contributed by atoms with E-state index in [0.29, 0.717) is 42.6 Å². The van der Waals surface area contributed by atoms with E-state index in [1.807, 2.05) is 6.92 Å². The number of nitrogens with zero attached hydrogens (tertiary/aromatic N) is 3. The molecule has 0 unspecified atom stereocenters. The van der Waals surface area contributed by atoms with Gasteiger partial charge < -0.3 is 14.5 Å². The van der Waals surface area contributed by atoms with Crippen molar-refractivity contribution in [2.45, 2.75) is 19.8 Å². The number of ether oxygens (including phenoxy) is 1. The molecule has 4 rings (SSSR count). The number of fused-ring (bicyclic) bond motifs is 1. The molecule has 37 heavy (non-hydrogen) atoms. The van der Waals surface area contributed by atoms with Gasteiger partial charge in [-0.1, -0.05) is 18.9 Å². The predicted octanol–water partition coefficient (Wildman–Crippen LogP) is 3.69. The van der Waals surface area contributed by atoms with Crippen LogP contribution in [0.2, 0.25) is 0 Å². The lowest BCUT2D eigenvalue weighted by atomic mass is 10.0. The Morgan fingerprint density at radius 1 is 1.24 bits per heavy atom. The van der Waals surface area contributed by atoms with Crippen LogP contribution in [0.25, 0.3) is 22.4 Å². The first kappa shape index (κ1) is 27.4. The first-order valence-electron chi connectivity index (χ1n) is 12.1. The number of morpholine rings is 1. The summed E-state index contributed by atoms with van der Waals surface area (Å²) >= 11 is 1.69. The quantitative estimate of drug-likeness (QED) is 0.301. The molecule has 12 heteroatoms. The standard InChI is InChI=1S/C25H31FN4O5S2/c1-4-17-16-20-21(24(31)27-2)22(18-6-8-19(26)9-7-18)35-25(20)28-23(17)30(37(3,32)33)10-5-15-36-29-11-13-34-14-12-29/h6-9,16H,4-5,10-15H2,1-3H3,(H,27,31). The van der Waals surface area contributed by atoms with Crippen LogP contribution in [0, 0.1) is 5.82 Å². The fourth-order valence-corrected chi connectivity index (χ4v) is 6.05. The molecule has 0 aliphatic carbocycles. The number of pyridine rings is 1. The van der Waals surface area contributed by atoms with Gasteiger partial charge in [-0.3, -0.25) is 9.10 Å². The molecule has 1 saturated heterocycles. The summed E-state index contributed by atoms with van der Waals surface area (Å²) in [7, 11) is -2.13. The third-order valence-electron chi connectivity index (χ3n) is 6.07. The highest BCUT2D eigenvalue weighted by Crippen LogP contribution is 2.36. The maximum absolute atomic E-state index is 13.5. The molecule has 1 fully saturated rings. The number of amides is 1. The van der Waals surface area contributed by atoms with E-state index in [9.17, 15) is 17.6 Å². The second-order valence-electron chi connectivity index (χ2n) is 8.63. The van der Waals surface area contributed by atoms with E-state index < -0.39 is 15.8 Å². The summed E-state index contributed by atoms with van der Waals surface area (Å²) in [6, 6.07) is 7.38. The first-order chi connectivity index (χ1) is 17.7. The second-order valence-corrected chi connectivity index (χ2v) is 11.7. The molecule has 2 aromatic heterocycles. The van der Waals surface area contributed by atoms with Crippen LogP contribution in [0.4, 0.5) is 10.2 Å². The van der Waals surface area contributed by atoms with E-state index in [1.165, 1.54) is 35.6 Å². The number of rotatable bonds is 10. The van der Waals surface area contributed by atoms with Crippen molar-refractivity contribution in [1.29, 1.82) is 0 Å². The maximum Gasteiger partial charge on any atom is 0.255 e. The van der Waals surface area contributed by atoms with Crippen molar-refractivity contribution in [2.24, 2.45) is 0 Å². The Hall–Kier alpha value is -2.67. The Labute approximate surface area is 220 Å². The third-order valence-corrected chi connectivity index (χ3v) is 8.42. The van der Waals surface area contributed by atoms with Crippen molar-refractivity contribution in [3.05, 3.63) is 47.3 Å². The molecule has 1 aliphatic rings. The highest BCUT2D eigenvalue weighted by atomic mass is 32.2. The number of furan rings is 1. The van der Waals surface area contributed by atoms with Crippen LogP contribution >= 0.6 is 11.9 Å². The minimum Gasteiger partial charge on any atom is -0.437 e. The van der Waals surface area contributed by atoms with Crippen LogP contribution in [-0.2, 0) is 21.2 Å². The molecule has 0 saturated carbocycles. The molecule has 1 amide bonds. The first-order valence-corrected chi connectivity index (χ1v) is 14.9. The number of hydrogen-bond donors (Lipinski definition) is 1. The van der Waals surface area contributed by atoms with Gasteiger partial charge in [0.2, 0.25) is 15.7 Å². The van der Waals surface area contributed by atoms with Crippen molar-refractivity contribution in [2.75, 3.05) is 56.2 Å². The lowest BCUT2D eigenvalue weighted by Crippen LogP contribution is -2.34. The van der Waals surface area contributed by atoms with Crippen LogP contribution in [0.1, 0.15) is 29.3 Å². The molecule has 3 heterocycles. The highest BCUT2D eigenvalue weighted by Gasteiger charge is 2.27. The molecule has 1 N–H and O–H groups in total. The highest BCUT2D eigenvalue weighted by molar-refractivity contribution is 7.97. The van der Waals surface area contributed by atoms with Crippen LogP contribution < -0.4 is 9.62 Å². The van der Waals surface area contributed by atoms with Crippen molar-refractivity contribution in [3.8, 4) is 11.3 Å². The normalized spacial score (nSPS) is 14.7. The van der Waals surface area contributed by atoms with Gasteiger partial charge in [-0.2, -0.15) is 4.98 Å². The van der Waals surface area contributed by atoms with Gasteiger partial charge in [0.05, 0.1) is 30.4 Å². The average molecular weight is 551 g/mol. The monoisotopic (exact) mass is 550 g/mol. The van der Waals surface area contributed by atoms with Gasteiger partial charge >= 0.3 is 0 Å². The Morgan fingerprint density at radius 2 is 1.95 bits per heavy atom. The van der Waals surface area contributed by atoms with Gasteiger partial charge in [0, 0.05) is 38.0 Å². The summed E-state index contributed by atoms with van der Waals surface area (Å²) in [6.07, 6.45) is 2.28. The van der Waals surface area contributed by atoms with E-state index in [0.717, 1.165) is 25.1 Å². The van der Waals surface area contributed by atoms with Gasteiger partial charge in [-0.25, -0.2) is 17.1 Å². The number of sulfonamides is 1. The Morgan fingerprint density at radius 3 is 2.57 bits per heavy atom. The summed E-state index contributed by atoms with van der Waals surface area (Å²) in [6.45, 7) is 5.26. The van der Waals surface area contributed by atoms with Crippen molar-refractivity contribution in [3.63, 3.8) is 0 Å². The predicted molar refractivity (Wildman–Crippen MR) is 144 cm³/mol. The summed E-state index contributed by atoms with van der Waals surface area (Å²) in [5.41, 5.74) is 1.60. The number of aromatic nitrogens is 1. The molecule has 9 nitrogen and oxygen atoms in total. The average Bonchev–Trinajstić information content (AvgIpc) is 3.26. The number of anilines is 1. The molecule has 0 bridgehead atoms. The van der Waals surface area contributed by atoms with Crippen molar-refractivity contribution >= 4 is 44.8 Å². The minimum atomic E-state index is -3.64. The van der Waals surface area contributed by atoms with E-state index in [1.54, 1.807) is 18.0 Å². The van der Waals surface area contributed by atoms with Crippen molar-refractivity contribution < 1.29 is 26.8 Å². The van der Waals surface area contributed by atoms with Crippen LogP contribution in [0.3, 0.4) is 0 Å². The van der Waals surface area contributed by atoms with Gasteiger partial charge in [-0.15, -0.1) is 0 Å². The molecule has 3 aromatic rings. The van der Waals surface area contributed by atoms with Crippen LogP contribution in [0.15, 0.2) is 34.7 Å². The fraction of sp³-hybridized carbons (Fsp3) is 0.440. The Bertz CT molecular complexity index is 1360. The molecule has 1 aromatic carbocycles. The molecule has 1 aliphatic heterocycles. The number of halogens is 1. The summed E-state index contributed by atoms with van der Waals surface area (Å²) < 4.78 is 54.1. The maximum atomic E-state index is 13.5. The Kier molecular flexibility index (Phi) is 8.73. The molecular formula is C25H31FN4O5S2. The fourth-order valence-electron chi connectivity index (χ4n) is 4.19. The van der Waals surface area contributed by atoms with E-state index in [4.69, 9.17) is 9.15 Å². The largest absolute Gasteiger partial charge is 0.437 e. The van der Waals surface area contributed by atoms with Gasteiger partial charge in [0.15, 0.2) is 0 Å². The molecule has 0 spiro atoms. The number of benzene rings is 1. The molecule has 0 radical (unpaired) electrons. The zero-order valence-electron chi connectivity index (χ0n) is 21.1. The topological polar surface area (TPSA) is 105 Å². The third kappa shape index (κ3) is 6.25. The Balaban J connectivity index is 1.70. The smallest absolute Gasteiger partial charge is 0.255 e. The minimum absolute atomic E-state index is 0.140. The van der Waals surface area contributed by atoms with Gasteiger partial charge in [0.1, 0.15) is 17.4 Å². The number of hydrogen-bond acceptors (Lipinski definition) is 8. The number of aryl methyl sites for hydroxylation is 1. The molecule has 0 atom stereocenters. The van der Waals surface area contributed by atoms with Crippen LogP contribution in [0.5, 0.6) is 0 Å². The summed E-state index contributed by atoms with van der Waals surface area (Å²) in [5.74, 6) is 0.498. The van der Waals surface area contributed by atoms with Gasteiger partial charge in [-0.05, 0) is 48.7 Å². The zero-order chi connectivity index (χ0) is 26.6. The van der Waals surface area contributed by atoms with Crippen molar-refractivity contribution in [1.82, 2.24) is 14.6 Å². The van der Waals surface area contributed by atoms with Crippen LogP contribution in [-0.4, -0.2) is 75.5 Å². The SMILES string of the molecule is CCc1cc2c(C(=O)NC)c(-c3ccc(F)cc3)oc2nc1N(CCCSN1CCOCC1)S(C)(=O)=O. The molecule has 200 valence electrons. The number of carbonyl (C=O) groups is 1. The van der Waals surface area contributed by atoms with E-state index in [2.05, 4.69) is 14.6 Å². The lowest BCUT2D eigenvalue weighted by molar-refractivity contribution is 0.0773.